The standard InChI is InChI=1S/C28H30ClN3O2S/c1-3-20(4-2)17-27(34)32(19-26(33)31-35-23-13-9-6-10-14-23)25-16-15-22(29)18-24(25)28(30)21-11-7-5-8-12-21/h5-16,18,20,30H,3-4,17,19H2,1-2H3,(H,31,33). The smallest absolute Gasteiger partial charge is 0.250 e. The van der Waals surface area contributed by atoms with Crippen LogP contribution in [0.15, 0.2) is 83.8 Å². The molecule has 0 aliphatic rings. The summed E-state index contributed by atoms with van der Waals surface area (Å²) in [5, 5.41) is 9.29. The molecular formula is C28H30ClN3O2S. The molecule has 0 aliphatic heterocycles. The number of hydrogen-bond donors (Lipinski definition) is 2. The Labute approximate surface area is 216 Å². The van der Waals surface area contributed by atoms with Gasteiger partial charge in [0.1, 0.15) is 6.54 Å². The molecule has 0 aromatic heterocycles. The second kappa shape index (κ2) is 13.1. The van der Waals surface area contributed by atoms with E-state index in [1.165, 1.54) is 16.8 Å². The highest BCUT2D eigenvalue weighted by molar-refractivity contribution is 7.98. The lowest BCUT2D eigenvalue weighted by molar-refractivity contribution is -0.123. The van der Waals surface area contributed by atoms with Crippen LogP contribution in [0.3, 0.4) is 0 Å². The zero-order valence-electron chi connectivity index (χ0n) is 20.0. The summed E-state index contributed by atoms with van der Waals surface area (Å²) in [5.41, 5.74) is 1.94. The molecule has 0 unspecified atom stereocenters. The molecule has 0 atom stereocenters. The molecule has 3 aromatic carbocycles. The van der Waals surface area contributed by atoms with Gasteiger partial charge in [0.25, 0.3) is 0 Å². The first kappa shape index (κ1) is 26.5. The lowest BCUT2D eigenvalue weighted by Crippen LogP contribution is -2.40. The lowest BCUT2D eigenvalue weighted by atomic mass is 9.97. The molecule has 0 heterocycles. The molecule has 0 radical (unpaired) electrons. The van der Waals surface area contributed by atoms with Crippen LogP contribution >= 0.6 is 23.5 Å². The first-order valence-electron chi connectivity index (χ1n) is 11.7. The monoisotopic (exact) mass is 507 g/mol. The third kappa shape index (κ3) is 7.44. The number of anilines is 1. The molecule has 3 aromatic rings. The molecule has 5 nitrogen and oxygen atoms in total. The van der Waals surface area contributed by atoms with Crippen molar-refractivity contribution in [1.29, 1.82) is 5.41 Å². The Kier molecular flexibility index (Phi) is 9.94. The van der Waals surface area contributed by atoms with E-state index in [0.29, 0.717) is 28.3 Å². The number of benzene rings is 3. The zero-order chi connectivity index (χ0) is 25.2. The van der Waals surface area contributed by atoms with E-state index in [0.717, 1.165) is 17.7 Å². The van der Waals surface area contributed by atoms with Crippen molar-refractivity contribution in [1.82, 2.24) is 4.72 Å². The summed E-state index contributed by atoms with van der Waals surface area (Å²) >= 11 is 7.51. The van der Waals surface area contributed by atoms with Crippen molar-refractivity contribution >= 4 is 46.8 Å². The Morgan fingerprint density at radius 3 is 2.23 bits per heavy atom. The third-order valence-corrected chi connectivity index (χ3v) is 6.90. The van der Waals surface area contributed by atoms with Crippen LogP contribution in [0.5, 0.6) is 0 Å². The maximum atomic E-state index is 13.5. The van der Waals surface area contributed by atoms with Crippen LogP contribution in [0.1, 0.15) is 44.2 Å². The summed E-state index contributed by atoms with van der Waals surface area (Å²) in [6, 6.07) is 23.9. The average molecular weight is 508 g/mol. The highest BCUT2D eigenvalue weighted by Gasteiger charge is 2.25. The van der Waals surface area contributed by atoms with Gasteiger partial charge in [-0.25, -0.2) is 0 Å². The molecular weight excluding hydrogens is 478 g/mol. The van der Waals surface area contributed by atoms with Crippen molar-refractivity contribution < 1.29 is 9.59 Å². The third-order valence-electron chi connectivity index (χ3n) is 5.83. The maximum absolute atomic E-state index is 13.5. The molecule has 2 N–H and O–H groups in total. The van der Waals surface area contributed by atoms with Crippen molar-refractivity contribution in [2.75, 3.05) is 11.4 Å². The first-order valence-corrected chi connectivity index (χ1v) is 12.9. The first-order chi connectivity index (χ1) is 16.9. The Morgan fingerprint density at radius 2 is 1.60 bits per heavy atom. The van der Waals surface area contributed by atoms with Gasteiger partial charge in [-0.15, -0.1) is 0 Å². The highest BCUT2D eigenvalue weighted by Crippen LogP contribution is 2.29. The van der Waals surface area contributed by atoms with E-state index in [2.05, 4.69) is 18.6 Å². The number of carbonyl (C=O) groups is 2. The van der Waals surface area contributed by atoms with Gasteiger partial charge >= 0.3 is 0 Å². The van der Waals surface area contributed by atoms with E-state index in [9.17, 15) is 9.59 Å². The molecule has 0 saturated heterocycles. The van der Waals surface area contributed by atoms with Gasteiger partial charge in [-0.3, -0.25) is 19.7 Å². The van der Waals surface area contributed by atoms with Gasteiger partial charge in [0.15, 0.2) is 0 Å². The van der Waals surface area contributed by atoms with E-state index >= 15 is 0 Å². The van der Waals surface area contributed by atoms with Gasteiger partial charge < -0.3 is 4.90 Å². The lowest BCUT2D eigenvalue weighted by Gasteiger charge is -2.27. The predicted octanol–water partition coefficient (Wildman–Crippen LogP) is 6.74. The molecule has 0 fully saturated rings. The fraction of sp³-hybridized carbons (Fsp3) is 0.250. The van der Waals surface area contributed by atoms with Gasteiger partial charge in [-0.2, -0.15) is 0 Å². The van der Waals surface area contributed by atoms with Crippen LogP contribution in [-0.4, -0.2) is 24.1 Å². The summed E-state index contributed by atoms with van der Waals surface area (Å²) in [6.45, 7) is 3.97. The topological polar surface area (TPSA) is 73.3 Å². The number of nitrogens with zero attached hydrogens (tertiary/aromatic N) is 1. The van der Waals surface area contributed by atoms with E-state index in [1.54, 1.807) is 18.2 Å². The summed E-state index contributed by atoms with van der Waals surface area (Å²) in [7, 11) is 0. The van der Waals surface area contributed by atoms with E-state index < -0.39 is 0 Å². The van der Waals surface area contributed by atoms with Crippen LogP contribution in [0.25, 0.3) is 0 Å². The van der Waals surface area contributed by atoms with Gasteiger partial charge in [-0.1, -0.05) is 86.8 Å². The Morgan fingerprint density at radius 1 is 0.971 bits per heavy atom. The van der Waals surface area contributed by atoms with Gasteiger partial charge in [0.2, 0.25) is 11.8 Å². The fourth-order valence-electron chi connectivity index (χ4n) is 3.73. The minimum Gasteiger partial charge on any atom is -0.302 e. The molecule has 0 bridgehead atoms. The van der Waals surface area contributed by atoms with E-state index in [4.69, 9.17) is 17.0 Å². The summed E-state index contributed by atoms with van der Waals surface area (Å²) in [6.07, 6.45) is 2.08. The average Bonchev–Trinajstić information content (AvgIpc) is 2.89. The largest absolute Gasteiger partial charge is 0.302 e. The Balaban J connectivity index is 1.93. The quantitative estimate of drug-likeness (QED) is 0.223. The summed E-state index contributed by atoms with van der Waals surface area (Å²) in [5.74, 6) is -0.233. The Bertz CT molecular complexity index is 1150. The summed E-state index contributed by atoms with van der Waals surface area (Å²) in [4.78, 5) is 28.8. The normalized spacial score (nSPS) is 10.7. The van der Waals surface area contributed by atoms with Crippen LogP contribution < -0.4 is 9.62 Å². The molecule has 7 heteroatoms. The minimum absolute atomic E-state index is 0.150. The predicted molar refractivity (Wildman–Crippen MR) is 145 cm³/mol. The van der Waals surface area contributed by atoms with Crippen molar-refractivity contribution in [3.05, 3.63) is 95.0 Å². The second-order valence-electron chi connectivity index (χ2n) is 8.21. The molecule has 182 valence electrons. The van der Waals surface area contributed by atoms with E-state index in [-0.39, 0.29) is 30.0 Å². The summed E-state index contributed by atoms with van der Waals surface area (Å²) < 4.78 is 2.83. The molecule has 0 aliphatic carbocycles. The number of halogens is 1. The highest BCUT2D eigenvalue weighted by atomic mass is 35.5. The van der Waals surface area contributed by atoms with Crippen LogP contribution in [0.4, 0.5) is 5.69 Å². The van der Waals surface area contributed by atoms with Crippen molar-refractivity contribution in [2.45, 2.75) is 38.0 Å². The van der Waals surface area contributed by atoms with Crippen LogP contribution in [0, 0.1) is 11.3 Å². The number of amides is 2. The van der Waals surface area contributed by atoms with Crippen LogP contribution in [0.2, 0.25) is 5.02 Å². The number of nitrogens with one attached hydrogen (secondary N) is 2. The second-order valence-corrected chi connectivity index (χ2v) is 9.53. The number of carbonyl (C=O) groups excluding carboxylic acids is 2. The van der Waals surface area contributed by atoms with Gasteiger partial charge in [0.05, 0.1) is 11.4 Å². The van der Waals surface area contributed by atoms with Gasteiger partial charge in [0, 0.05) is 27.5 Å². The molecule has 0 spiro atoms. The molecule has 2 amide bonds. The number of rotatable bonds is 11. The number of hydrogen-bond acceptors (Lipinski definition) is 4. The van der Waals surface area contributed by atoms with Crippen molar-refractivity contribution in [2.24, 2.45) is 5.92 Å². The van der Waals surface area contributed by atoms with Crippen LogP contribution in [-0.2, 0) is 9.59 Å². The van der Waals surface area contributed by atoms with Gasteiger partial charge in [-0.05, 0) is 48.2 Å². The van der Waals surface area contributed by atoms with Crippen molar-refractivity contribution in [3.63, 3.8) is 0 Å². The Hall–Kier alpha value is -3.09. The minimum atomic E-state index is -0.302. The van der Waals surface area contributed by atoms with Crippen molar-refractivity contribution in [3.8, 4) is 0 Å². The zero-order valence-corrected chi connectivity index (χ0v) is 21.5. The van der Waals surface area contributed by atoms with E-state index in [1.807, 2.05) is 60.7 Å². The maximum Gasteiger partial charge on any atom is 0.250 e. The molecule has 35 heavy (non-hydrogen) atoms. The SMILES string of the molecule is CCC(CC)CC(=O)N(CC(=O)NSc1ccccc1)c1ccc(Cl)cc1C(=N)c1ccccc1. The fourth-order valence-corrected chi connectivity index (χ4v) is 4.49. The molecule has 0 saturated carbocycles. The molecule has 3 rings (SSSR count).